The van der Waals surface area contributed by atoms with Gasteiger partial charge in [-0.05, 0) is 33.1 Å². The Labute approximate surface area is 157 Å². The van der Waals surface area contributed by atoms with Crippen molar-refractivity contribution in [2.75, 3.05) is 26.9 Å². The van der Waals surface area contributed by atoms with Crippen LogP contribution in [-0.4, -0.2) is 66.1 Å². The molecule has 1 aliphatic rings. The number of aliphatic hydroxyl groups excluding tert-OH is 1. The molecule has 1 saturated carbocycles. The summed E-state index contributed by atoms with van der Waals surface area (Å²) in [7, 11) is -1.77. The highest BCUT2D eigenvalue weighted by Crippen LogP contribution is 2.30. The van der Waals surface area contributed by atoms with Gasteiger partial charge in [-0.25, -0.2) is 13.4 Å². The Morgan fingerprint density at radius 2 is 2.08 bits per heavy atom. The minimum atomic E-state index is -3.41. The number of ether oxygens (including phenoxy) is 1. The molecule has 0 aliphatic heterocycles. The van der Waals surface area contributed by atoms with Crippen molar-refractivity contribution in [3.05, 3.63) is 11.9 Å². The van der Waals surface area contributed by atoms with Crippen LogP contribution in [0, 0.1) is 0 Å². The Balaban J connectivity index is 2.31. The van der Waals surface area contributed by atoms with Gasteiger partial charge < -0.3 is 14.4 Å². The predicted octanol–water partition coefficient (Wildman–Crippen LogP) is 1.84. The van der Waals surface area contributed by atoms with Gasteiger partial charge in [0.15, 0.2) is 0 Å². The molecular weight excluding hydrogens is 354 g/mol. The number of aliphatic hydroxyl groups is 1. The normalized spacial score (nSPS) is 16.2. The van der Waals surface area contributed by atoms with Crippen LogP contribution in [-0.2, 0) is 27.7 Å². The first-order valence-corrected chi connectivity index (χ1v) is 11.1. The van der Waals surface area contributed by atoms with Gasteiger partial charge in [-0.2, -0.15) is 0 Å². The van der Waals surface area contributed by atoms with E-state index in [0.29, 0.717) is 26.2 Å². The summed E-state index contributed by atoms with van der Waals surface area (Å²) < 4.78 is 33.1. The molecule has 0 bridgehead atoms. The van der Waals surface area contributed by atoms with Crippen LogP contribution >= 0.6 is 0 Å². The number of hydrogen-bond acceptors (Lipinski definition) is 6. The largest absolute Gasteiger partial charge is 0.395 e. The van der Waals surface area contributed by atoms with Crippen LogP contribution in [0.2, 0.25) is 0 Å². The Kier molecular flexibility index (Phi) is 8.06. The molecule has 0 unspecified atom stereocenters. The van der Waals surface area contributed by atoms with Gasteiger partial charge in [0, 0.05) is 39.4 Å². The lowest BCUT2D eigenvalue weighted by molar-refractivity contribution is 0.154. The first-order valence-electron chi connectivity index (χ1n) is 9.54. The van der Waals surface area contributed by atoms with E-state index < -0.39 is 9.84 Å². The third-order valence-corrected chi connectivity index (χ3v) is 7.29. The highest BCUT2D eigenvalue weighted by Gasteiger charge is 2.34. The van der Waals surface area contributed by atoms with Gasteiger partial charge in [0.2, 0.25) is 15.0 Å². The molecule has 26 heavy (non-hydrogen) atoms. The number of aromatic nitrogens is 2. The van der Waals surface area contributed by atoms with E-state index in [1.54, 1.807) is 13.3 Å². The van der Waals surface area contributed by atoms with Gasteiger partial charge in [0.1, 0.15) is 0 Å². The summed E-state index contributed by atoms with van der Waals surface area (Å²) >= 11 is 0. The summed E-state index contributed by atoms with van der Waals surface area (Å²) in [6.45, 7) is 6.46. The molecule has 1 aliphatic carbocycles. The van der Waals surface area contributed by atoms with Gasteiger partial charge in [0.05, 0.1) is 23.7 Å². The maximum absolute atomic E-state index is 13.1. The molecule has 150 valence electrons. The third-order valence-electron chi connectivity index (χ3n) is 5.11. The molecule has 2 rings (SSSR count). The minimum Gasteiger partial charge on any atom is -0.395 e. The maximum atomic E-state index is 13.1. The van der Waals surface area contributed by atoms with Gasteiger partial charge in [-0.3, -0.25) is 4.90 Å². The lowest BCUT2D eigenvalue weighted by Crippen LogP contribution is -2.34. The zero-order chi connectivity index (χ0) is 19.2. The first kappa shape index (κ1) is 21.3. The van der Waals surface area contributed by atoms with E-state index in [9.17, 15) is 13.5 Å². The zero-order valence-corrected chi connectivity index (χ0v) is 17.0. The van der Waals surface area contributed by atoms with Crippen molar-refractivity contribution in [2.45, 2.75) is 75.5 Å². The fraction of sp³-hybridized carbons (Fsp3) is 0.833. The van der Waals surface area contributed by atoms with Crippen LogP contribution in [0.4, 0.5) is 0 Å². The Bertz CT molecular complexity index is 651. The first-order chi connectivity index (χ1) is 12.4. The van der Waals surface area contributed by atoms with Crippen LogP contribution in [0.25, 0.3) is 0 Å². The highest BCUT2D eigenvalue weighted by atomic mass is 32.2. The van der Waals surface area contributed by atoms with Gasteiger partial charge in [0.25, 0.3) is 0 Å². The smallest absolute Gasteiger partial charge is 0.228 e. The van der Waals surface area contributed by atoms with Crippen LogP contribution in [0.3, 0.4) is 0 Å². The Hall–Kier alpha value is -0.960. The van der Waals surface area contributed by atoms with Crippen molar-refractivity contribution in [1.29, 1.82) is 0 Å². The van der Waals surface area contributed by atoms with Gasteiger partial charge >= 0.3 is 0 Å². The van der Waals surface area contributed by atoms with E-state index in [2.05, 4.69) is 23.7 Å². The fourth-order valence-electron chi connectivity index (χ4n) is 3.56. The lowest BCUT2D eigenvalue weighted by atomic mass is 10.3. The number of hydrogen-bond donors (Lipinski definition) is 1. The average molecular weight is 388 g/mol. The summed E-state index contributed by atoms with van der Waals surface area (Å²) in [5.41, 5.74) is 0.875. The van der Waals surface area contributed by atoms with Crippen LogP contribution < -0.4 is 0 Å². The molecule has 0 amide bonds. The number of rotatable bonds is 11. The molecule has 0 saturated heterocycles. The van der Waals surface area contributed by atoms with E-state index in [1.807, 2.05) is 4.57 Å². The van der Waals surface area contributed by atoms with E-state index in [1.165, 1.54) is 0 Å². The van der Waals surface area contributed by atoms with Crippen molar-refractivity contribution >= 4 is 9.84 Å². The van der Waals surface area contributed by atoms with Crippen LogP contribution in [0.15, 0.2) is 11.4 Å². The summed E-state index contributed by atoms with van der Waals surface area (Å²) in [5, 5.41) is 9.20. The van der Waals surface area contributed by atoms with E-state index in [0.717, 1.165) is 37.8 Å². The minimum absolute atomic E-state index is 0.0726. The van der Waals surface area contributed by atoms with Crippen molar-refractivity contribution in [2.24, 2.45) is 0 Å². The fourth-order valence-corrected chi connectivity index (χ4v) is 5.52. The summed E-state index contributed by atoms with van der Waals surface area (Å²) in [5.74, 6) is 0. The van der Waals surface area contributed by atoms with E-state index in [-0.39, 0.29) is 23.1 Å². The van der Waals surface area contributed by atoms with Crippen LogP contribution in [0.5, 0.6) is 0 Å². The van der Waals surface area contributed by atoms with Crippen molar-refractivity contribution in [3.8, 4) is 0 Å². The number of nitrogens with zero attached hydrogens (tertiary/aromatic N) is 3. The number of sulfone groups is 1. The second-order valence-corrected chi connectivity index (χ2v) is 9.39. The van der Waals surface area contributed by atoms with E-state index >= 15 is 0 Å². The molecule has 1 aromatic heterocycles. The molecule has 1 heterocycles. The van der Waals surface area contributed by atoms with Crippen LogP contribution in [0.1, 0.15) is 51.6 Å². The SMILES string of the molecule is COCCCn1c(CN(CCO)C(C)C)cnc1S(=O)(=O)C1CCCC1. The molecule has 8 heteroatoms. The molecule has 1 fully saturated rings. The third kappa shape index (κ3) is 5.06. The second-order valence-electron chi connectivity index (χ2n) is 7.27. The molecule has 0 spiro atoms. The predicted molar refractivity (Wildman–Crippen MR) is 101 cm³/mol. The average Bonchev–Trinajstić information content (AvgIpc) is 3.25. The number of methoxy groups -OCH3 is 1. The molecule has 7 nitrogen and oxygen atoms in total. The molecule has 1 aromatic rings. The highest BCUT2D eigenvalue weighted by molar-refractivity contribution is 7.91. The van der Waals surface area contributed by atoms with Crippen molar-refractivity contribution in [1.82, 2.24) is 14.5 Å². The standard InChI is InChI=1S/C18H33N3O4S/c1-15(2)20(10-11-22)14-16-13-19-18(21(16)9-6-12-25-3)26(23,24)17-7-4-5-8-17/h13,15,17,22H,4-12,14H2,1-3H3. The van der Waals surface area contributed by atoms with E-state index in [4.69, 9.17) is 4.74 Å². The lowest BCUT2D eigenvalue weighted by Gasteiger charge is -2.26. The Morgan fingerprint density at radius 1 is 1.38 bits per heavy atom. The summed E-state index contributed by atoms with van der Waals surface area (Å²) in [6.07, 6.45) is 5.81. The molecule has 0 aromatic carbocycles. The summed E-state index contributed by atoms with van der Waals surface area (Å²) in [4.78, 5) is 6.45. The molecular formula is C18H33N3O4S. The van der Waals surface area contributed by atoms with Crippen molar-refractivity contribution in [3.63, 3.8) is 0 Å². The monoisotopic (exact) mass is 387 g/mol. The number of imidazole rings is 1. The van der Waals surface area contributed by atoms with Crippen molar-refractivity contribution < 1.29 is 18.3 Å². The topological polar surface area (TPSA) is 84.7 Å². The quantitative estimate of drug-likeness (QED) is 0.583. The zero-order valence-electron chi connectivity index (χ0n) is 16.2. The molecule has 0 radical (unpaired) electrons. The summed E-state index contributed by atoms with van der Waals surface area (Å²) in [6, 6.07) is 0.249. The van der Waals surface area contributed by atoms with Gasteiger partial charge in [-0.1, -0.05) is 12.8 Å². The molecule has 0 atom stereocenters. The molecule has 1 N–H and O–H groups in total. The Morgan fingerprint density at radius 3 is 2.65 bits per heavy atom. The second kappa shape index (κ2) is 9.82. The maximum Gasteiger partial charge on any atom is 0.228 e. The van der Waals surface area contributed by atoms with Gasteiger partial charge in [-0.15, -0.1) is 0 Å².